The van der Waals surface area contributed by atoms with Crippen molar-refractivity contribution in [1.29, 1.82) is 5.26 Å². The first-order valence-corrected chi connectivity index (χ1v) is 13.1. The molecule has 0 saturated carbocycles. The number of hydrogen-bond donors (Lipinski definition) is 2. The van der Waals surface area contributed by atoms with Crippen LogP contribution in [0.1, 0.15) is 33.0 Å². The first-order valence-electron chi connectivity index (χ1n) is 12.3. The maximum Gasteiger partial charge on any atom is 0.340 e. The van der Waals surface area contributed by atoms with Gasteiger partial charge in [-0.15, -0.1) is 11.3 Å². The van der Waals surface area contributed by atoms with Gasteiger partial charge in [0.1, 0.15) is 6.07 Å². The van der Waals surface area contributed by atoms with E-state index in [-0.39, 0.29) is 48.1 Å². The zero-order valence-electron chi connectivity index (χ0n) is 22.2. The zero-order valence-corrected chi connectivity index (χ0v) is 23.1. The Morgan fingerprint density at radius 3 is 1.88 bits per heavy atom. The van der Waals surface area contributed by atoms with E-state index in [4.69, 9.17) is 33.3 Å². The number of nitrogens with one attached hydrogen (secondary N) is 1. The van der Waals surface area contributed by atoms with Crippen LogP contribution in [0.15, 0.2) is 60.7 Å². The van der Waals surface area contributed by atoms with Gasteiger partial charge in [-0.3, -0.25) is 4.84 Å². The summed E-state index contributed by atoms with van der Waals surface area (Å²) in [7, 11) is 3.08. The number of nitriles is 1. The van der Waals surface area contributed by atoms with Crippen molar-refractivity contribution in [2.24, 2.45) is 0 Å². The van der Waals surface area contributed by atoms with E-state index < -0.39 is 18.1 Å². The van der Waals surface area contributed by atoms with Gasteiger partial charge in [-0.1, -0.05) is 60.7 Å². The minimum absolute atomic E-state index is 0.0134. The summed E-state index contributed by atoms with van der Waals surface area (Å²) in [5.74, 6) is -1.25. The van der Waals surface area contributed by atoms with Crippen molar-refractivity contribution in [2.75, 3.05) is 54.2 Å². The summed E-state index contributed by atoms with van der Waals surface area (Å²) in [6.07, 6.45) is -1.55. The third-order valence-electron chi connectivity index (χ3n) is 5.42. The summed E-state index contributed by atoms with van der Waals surface area (Å²) in [6, 6.07) is 20.5. The molecule has 1 unspecified atom stereocenters. The highest BCUT2D eigenvalue weighted by Crippen LogP contribution is 2.46. The largest absolute Gasteiger partial charge is 0.479 e. The van der Waals surface area contributed by atoms with Gasteiger partial charge in [-0.05, 0) is 11.1 Å². The van der Waals surface area contributed by atoms with Crippen LogP contribution in [0.3, 0.4) is 0 Å². The molecule has 0 amide bonds. The Morgan fingerprint density at radius 1 is 0.875 bits per heavy atom. The van der Waals surface area contributed by atoms with Crippen LogP contribution in [-0.4, -0.2) is 65.3 Å². The lowest BCUT2D eigenvalue weighted by Crippen LogP contribution is -2.28. The second kappa shape index (κ2) is 17.2. The minimum atomic E-state index is -1.55. The van der Waals surface area contributed by atoms with E-state index in [0.717, 1.165) is 22.5 Å². The van der Waals surface area contributed by atoms with Crippen molar-refractivity contribution in [1.82, 2.24) is 5.48 Å². The smallest absolute Gasteiger partial charge is 0.340 e. The summed E-state index contributed by atoms with van der Waals surface area (Å²) >= 11 is 0.885. The molecular weight excluding hydrogens is 540 g/mol. The van der Waals surface area contributed by atoms with Crippen LogP contribution < -0.4 is 15.0 Å². The number of benzene rings is 2. The molecule has 0 aliphatic heterocycles. The molecule has 1 aromatic heterocycles. The van der Waals surface area contributed by atoms with Gasteiger partial charge in [0.2, 0.25) is 6.10 Å². The van der Waals surface area contributed by atoms with Crippen molar-refractivity contribution in [3.05, 3.63) is 81.5 Å². The number of hydroxylamine groups is 1. The lowest BCUT2D eigenvalue weighted by Gasteiger charge is -2.22. The van der Waals surface area contributed by atoms with Crippen LogP contribution in [-0.2, 0) is 28.6 Å². The predicted molar refractivity (Wildman–Crippen MR) is 145 cm³/mol. The Balaban J connectivity index is 1.89. The van der Waals surface area contributed by atoms with E-state index in [1.165, 1.54) is 7.11 Å². The van der Waals surface area contributed by atoms with Crippen molar-refractivity contribution in [3.8, 4) is 17.6 Å². The SMILES string of the molecule is COCCOCOc1c(C#N)sc(C(ONC(c2ccccc2)c2ccccc2)C(=O)O)c1OCOCCOC. The number of rotatable bonds is 19. The van der Waals surface area contributed by atoms with Crippen molar-refractivity contribution >= 4 is 17.3 Å². The van der Waals surface area contributed by atoms with Gasteiger partial charge in [-0.25, -0.2) is 4.79 Å². The summed E-state index contributed by atoms with van der Waals surface area (Å²) in [5, 5.41) is 20.0. The third-order valence-corrected chi connectivity index (χ3v) is 6.52. The molecule has 1 atom stereocenters. The van der Waals surface area contributed by atoms with Gasteiger partial charge in [0.15, 0.2) is 30.0 Å². The molecule has 3 rings (SSSR count). The van der Waals surface area contributed by atoms with E-state index in [1.54, 1.807) is 7.11 Å². The van der Waals surface area contributed by atoms with Gasteiger partial charge in [0, 0.05) is 14.2 Å². The third kappa shape index (κ3) is 9.00. The fourth-order valence-electron chi connectivity index (χ4n) is 3.51. The monoisotopic (exact) mass is 572 g/mol. The number of thiophene rings is 1. The van der Waals surface area contributed by atoms with Crippen LogP contribution in [0, 0.1) is 11.3 Å². The molecule has 0 spiro atoms. The fourth-order valence-corrected chi connectivity index (χ4v) is 4.52. The molecular formula is C28H32N2O9S. The van der Waals surface area contributed by atoms with E-state index in [2.05, 4.69) is 5.48 Å². The average molecular weight is 573 g/mol. The lowest BCUT2D eigenvalue weighted by molar-refractivity contribution is -0.158. The van der Waals surface area contributed by atoms with Gasteiger partial charge >= 0.3 is 5.97 Å². The number of methoxy groups -OCH3 is 2. The van der Waals surface area contributed by atoms with Gasteiger partial charge < -0.3 is 33.5 Å². The standard InChI is InChI=1S/C28H32N2O9S/c1-33-13-15-35-18-37-24-22(17-29)40-27(25(24)38-19-36-16-14-34-2)26(28(31)32)39-30-23(20-9-5-3-6-10-20)21-11-7-4-8-12-21/h3-12,23,26,30H,13-16,18-19H2,1-2H3,(H,31,32). The van der Waals surface area contributed by atoms with Gasteiger partial charge in [-0.2, -0.15) is 10.7 Å². The Hall–Kier alpha value is -3.54. The maximum atomic E-state index is 12.5. The number of carboxylic acids is 1. The molecule has 0 fully saturated rings. The second-order valence-electron chi connectivity index (χ2n) is 8.10. The number of aliphatic carboxylic acids is 1. The second-order valence-corrected chi connectivity index (χ2v) is 9.15. The Kier molecular flexibility index (Phi) is 13.3. The van der Waals surface area contributed by atoms with E-state index in [1.807, 2.05) is 66.7 Å². The first-order chi connectivity index (χ1) is 19.6. The van der Waals surface area contributed by atoms with Crippen LogP contribution in [0.5, 0.6) is 11.5 Å². The van der Waals surface area contributed by atoms with Crippen molar-refractivity contribution in [2.45, 2.75) is 12.1 Å². The Labute approximate surface area is 236 Å². The quantitative estimate of drug-likeness (QED) is 0.122. The Morgan fingerprint density at radius 2 is 1.40 bits per heavy atom. The molecule has 0 radical (unpaired) electrons. The van der Waals surface area contributed by atoms with Gasteiger partial charge in [0.25, 0.3) is 0 Å². The highest BCUT2D eigenvalue weighted by atomic mass is 32.1. The normalized spacial score (nSPS) is 11.8. The van der Waals surface area contributed by atoms with Crippen molar-refractivity contribution < 1.29 is 43.2 Å². The molecule has 0 bridgehead atoms. The summed E-state index contributed by atoms with van der Waals surface area (Å²) < 4.78 is 32.2. The summed E-state index contributed by atoms with van der Waals surface area (Å²) in [4.78, 5) is 18.5. The van der Waals surface area contributed by atoms with Crippen molar-refractivity contribution in [3.63, 3.8) is 0 Å². The van der Waals surface area contributed by atoms with E-state index >= 15 is 0 Å². The predicted octanol–water partition coefficient (Wildman–Crippen LogP) is 4.05. The molecule has 0 saturated heterocycles. The average Bonchev–Trinajstić information content (AvgIpc) is 3.32. The van der Waals surface area contributed by atoms with E-state index in [0.29, 0.717) is 13.2 Å². The van der Waals surface area contributed by atoms with Crippen LogP contribution in [0.4, 0.5) is 0 Å². The molecule has 11 nitrogen and oxygen atoms in total. The number of hydrogen-bond acceptors (Lipinski definition) is 11. The molecule has 214 valence electrons. The van der Waals surface area contributed by atoms with E-state index in [9.17, 15) is 15.2 Å². The number of ether oxygens (including phenoxy) is 6. The molecule has 1 heterocycles. The molecule has 0 aliphatic carbocycles. The number of carbonyl (C=O) groups is 1. The molecule has 2 N–H and O–H groups in total. The minimum Gasteiger partial charge on any atom is -0.479 e. The fraction of sp³-hybridized carbons (Fsp3) is 0.357. The highest BCUT2D eigenvalue weighted by molar-refractivity contribution is 7.13. The molecule has 40 heavy (non-hydrogen) atoms. The van der Waals surface area contributed by atoms with Crippen LogP contribution in [0.25, 0.3) is 0 Å². The van der Waals surface area contributed by atoms with Crippen LogP contribution >= 0.6 is 11.3 Å². The molecule has 3 aromatic rings. The first kappa shape index (κ1) is 31.0. The summed E-state index contributed by atoms with van der Waals surface area (Å²) in [6.45, 7) is 0.742. The number of carboxylic acid groups (broad SMARTS) is 1. The highest BCUT2D eigenvalue weighted by Gasteiger charge is 2.34. The zero-order chi connectivity index (χ0) is 28.6. The molecule has 0 aliphatic rings. The Bertz CT molecular complexity index is 1160. The lowest BCUT2D eigenvalue weighted by atomic mass is 10.00. The van der Waals surface area contributed by atoms with Gasteiger partial charge in [0.05, 0.1) is 37.3 Å². The number of nitrogens with zero attached hydrogens (tertiary/aromatic N) is 1. The maximum absolute atomic E-state index is 12.5. The van der Waals surface area contributed by atoms with Crippen LogP contribution in [0.2, 0.25) is 0 Å². The molecule has 2 aromatic carbocycles. The summed E-state index contributed by atoms with van der Waals surface area (Å²) in [5.41, 5.74) is 4.64. The topological polar surface area (TPSA) is 138 Å². The molecule has 12 heteroatoms.